The first-order valence-electron chi connectivity index (χ1n) is 6.95. The molecule has 1 aliphatic heterocycles. The lowest BCUT2D eigenvalue weighted by Gasteiger charge is -2.08. The molecule has 1 amide bonds. The third-order valence-electron chi connectivity index (χ3n) is 2.94. The number of aromatic nitrogens is 1. The number of carbonyl (C=O) groups excluding carboxylic acids is 1. The Bertz CT molecular complexity index is 673. The smallest absolute Gasteiger partial charge is 0.223 e. The largest absolute Gasteiger partial charge is 0.490 e. The van der Waals surface area contributed by atoms with Gasteiger partial charge in [-0.2, -0.15) is 0 Å². The average molecular weight is 336 g/mol. The van der Waals surface area contributed by atoms with Gasteiger partial charge < -0.3 is 14.8 Å². The molecule has 116 valence electrons. The van der Waals surface area contributed by atoms with Crippen LogP contribution in [0, 0.1) is 0 Å². The SMILES string of the molecule is CC(=O)Nc1nc(CSc2ccc3c(c2)OCCCO3)cs1. The highest BCUT2D eigenvalue weighted by Gasteiger charge is 2.11. The number of thioether (sulfide) groups is 1. The van der Waals surface area contributed by atoms with Crippen molar-refractivity contribution >= 4 is 34.1 Å². The standard InChI is InChI=1S/C15H16N2O3S2/c1-10(18)16-15-17-11(9-22-15)8-21-12-3-4-13-14(7-12)20-6-2-5-19-13/h3-4,7,9H,2,5-6,8H2,1H3,(H,16,17,18). The van der Waals surface area contributed by atoms with Crippen LogP contribution in [-0.2, 0) is 10.5 Å². The summed E-state index contributed by atoms with van der Waals surface area (Å²) in [5, 5.41) is 5.29. The summed E-state index contributed by atoms with van der Waals surface area (Å²) >= 11 is 3.12. The Morgan fingerprint density at radius 1 is 1.36 bits per heavy atom. The molecular weight excluding hydrogens is 320 g/mol. The van der Waals surface area contributed by atoms with Crippen molar-refractivity contribution in [3.8, 4) is 11.5 Å². The Kier molecular flexibility index (Phi) is 4.84. The van der Waals surface area contributed by atoms with Crippen LogP contribution in [0.5, 0.6) is 11.5 Å². The summed E-state index contributed by atoms with van der Waals surface area (Å²) in [5.41, 5.74) is 0.950. The van der Waals surface area contributed by atoms with Gasteiger partial charge in [0, 0.05) is 29.4 Å². The molecule has 2 aromatic rings. The van der Waals surface area contributed by atoms with Gasteiger partial charge in [-0.1, -0.05) is 0 Å². The number of rotatable bonds is 4. The van der Waals surface area contributed by atoms with Crippen LogP contribution in [0.4, 0.5) is 5.13 Å². The van der Waals surface area contributed by atoms with Crippen LogP contribution >= 0.6 is 23.1 Å². The molecule has 0 saturated heterocycles. The molecule has 7 heteroatoms. The van der Waals surface area contributed by atoms with Gasteiger partial charge in [0.25, 0.3) is 0 Å². The summed E-state index contributed by atoms with van der Waals surface area (Å²) in [6, 6.07) is 5.98. The predicted octanol–water partition coefficient (Wildman–Crippen LogP) is 3.56. The quantitative estimate of drug-likeness (QED) is 0.865. The molecule has 0 bridgehead atoms. The fourth-order valence-corrected chi connectivity index (χ4v) is 3.65. The maximum Gasteiger partial charge on any atom is 0.223 e. The van der Waals surface area contributed by atoms with Crippen molar-refractivity contribution in [1.82, 2.24) is 4.98 Å². The fraction of sp³-hybridized carbons (Fsp3) is 0.333. The zero-order chi connectivity index (χ0) is 15.4. The van der Waals surface area contributed by atoms with Crippen LogP contribution < -0.4 is 14.8 Å². The first-order valence-corrected chi connectivity index (χ1v) is 8.82. The number of anilines is 1. The molecule has 1 aliphatic rings. The number of hydrogen-bond acceptors (Lipinski definition) is 6. The van der Waals surface area contributed by atoms with E-state index in [0.29, 0.717) is 18.3 Å². The normalized spacial score (nSPS) is 13.5. The summed E-state index contributed by atoms with van der Waals surface area (Å²) in [6.07, 6.45) is 0.905. The van der Waals surface area contributed by atoms with E-state index in [-0.39, 0.29) is 5.91 Å². The van der Waals surface area contributed by atoms with E-state index in [2.05, 4.69) is 10.3 Å². The monoisotopic (exact) mass is 336 g/mol. The molecule has 0 atom stereocenters. The molecule has 0 unspecified atom stereocenters. The van der Waals surface area contributed by atoms with E-state index in [1.807, 2.05) is 23.6 Å². The molecule has 0 fully saturated rings. The molecule has 0 spiro atoms. The van der Waals surface area contributed by atoms with Crippen LogP contribution in [0.25, 0.3) is 0 Å². The van der Waals surface area contributed by atoms with Gasteiger partial charge in [0.15, 0.2) is 16.6 Å². The Labute approximate surface area is 137 Å². The molecule has 1 aromatic heterocycles. The van der Waals surface area contributed by atoms with E-state index in [9.17, 15) is 4.79 Å². The first-order chi connectivity index (χ1) is 10.7. The Morgan fingerprint density at radius 3 is 3.00 bits per heavy atom. The molecule has 0 radical (unpaired) electrons. The third-order valence-corrected chi connectivity index (χ3v) is 4.77. The van der Waals surface area contributed by atoms with Gasteiger partial charge in [0.1, 0.15) is 0 Å². The lowest BCUT2D eigenvalue weighted by atomic mass is 10.3. The van der Waals surface area contributed by atoms with Gasteiger partial charge in [-0.15, -0.1) is 23.1 Å². The van der Waals surface area contributed by atoms with Crippen molar-refractivity contribution < 1.29 is 14.3 Å². The summed E-state index contributed by atoms with van der Waals surface area (Å²) < 4.78 is 11.3. The van der Waals surface area contributed by atoms with Crippen LogP contribution in [0.15, 0.2) is 28.5 Å². The van der Waals surface area contributed by atoms with Crippen molar-refractivity contribution in [2.45, 2.75) is 24.0 Å². The number of fused-ring (bicyclic) bond motifs is 1. The number of nitrogens with one attached hydrogen (secondary N) is 1. The number of ether oxygens (including phenoxy) is 2. The van der Waals surface area contributed by atoms with Gasteiger partial charge in [-0.25, -0.2) is 4.98 Å². The van der Waals surface area contributed by atoms with Crippen LogP contribution in [-0.4, -0.2) is 24.1 Å². The van der Waals surface area contributed by atoms with Gasteiger partial charge in [-0.05, 0) is 18.2 Å². The zero-order valence-electron chi connectivity index (χ0n) is 12.1. The van der Waals surface area contributed by atoms with Crippen LogP contribution in [0.1, 0.15) is 19.0 Å². The summed E-state index contributed by atoms with van der Waals surface area (Å²) in [7, 11) is 0. The molecular formula is C15H16N2O3S2. The van der Waals surface area contributed by atoms with E-state index < -0.39 is 0 Å². The molecule has 5 nitrogen and oxygen atoms in total. The minimum Gasteiger partial charge on any atom is -0.490 e. The van der Waals surface area contributed by atoms with Crippen LogP contribution in [0.3, 0.4) is 0 Å². The Balaban J connectivity index is 1.62. The van der Waals surface area contributed by atoms with Gasteiger partial charge >= 0.3 is 0 Å². The number of nitrogens with zero attached hydrogens (tertiary/aromatic N) is 1. The number of amides is 1. The lowest BCUT2D eigenvalue weighted by Crippen LogP contribution is -2.05. The molecule has 0 saturated carbocycles. The fourth-order valence-electron chi connectivity index (χ4n) is 1.97. The van der Waals surface area contributed by atoms with E-state index >= 15 is 0 Å². The van der Waals surface area contributed by atoms with E-state index in [1.54, 1.807) is 11.8 Å². The van der Waals surface area contributed by atoms with E-state index in [0.717, 1.165) is 34.3 Å². The Morgan fingerprint density at radius 2 is 2.18 bits per heavy atom. The second-order valence-electron chi connectivity index (χ2n) is 4.77. The minimum absolute atomic E-state index is 0.101. The molecule has 0 aliphatic carbocycles. The number of hydrogen-bond donors (Lipinski definition) is 1. The van der Waals surface area contributed by atoms with Gasteiger partial charge in [-0.3, -0.25) is 4.79 Å². The first kappa shape index (κ1) is 15.2. The second kappa shape index (κ2) is 7.02. The highest BCUT2D eigenvalue weighted by molar-refractivity contribution is 7.98. The number of thiazole rings is 1. The van der Waals surface area contributed by atoms with Crippen molar-refractivity contribution in [2.75, 3.05) is 18.5 Å². The third kappa shape index (κ3) is 3.92. The molecule has 3 rings (SSSR count). The molecule has 1 N–H and O–H groups in total. The maximum absolute atomic E-state index is 11.0. The Hall–Kier alpha value is -1.73. The summed E-state index contributed by atoms with van der Waals surface area (Å²) in [4.78, 5) is 16.5. The highest BCUT2D eigenvalue weighted by Crippen LogP contribution is 2.35. The number of benzene rings is 1. The molecule has 22 heavy (non-hydrogen) atoms. The van der Waals surface area contributed by atoms with Gasteiger partial charge in [0.05, 0.1) is 18.9 Å². The summed E-state index contributed by atoms with van der Waals surface area (Å²) in [6.45, 7) is 2.87. The molecule has 2 heterocycles. The second-order valence-corrected chi connectivity index (χ2v) is 6.68. The van der Waals surface area contributed by atoms with Crippen molar-refractivity contribution in [3.05, 3.63) is 29.3 Å². The number of carbonyl (C=O) groups is 1. The lowest BCUT2D eigenvalue weighted by molar-refractivity contribution is -0.114. The van der Waals surface area contributed by atoms with Crippen LogP contribution in [0.2, 0.25) is 0 Å². The minimum atomic E-state index is -0.101. The maximum atomic E-state index is 11.0. The predicted molar refractivity (Wildman–Crippen MR) is 88.0 cm³/mol. The van der Waals surface area contributed by atoms with Crippen molar-refractivity contribution in [3.63, 3.8) is 0 Å². The zero-order valence-corrected chi connectivity index (χ0v) is 13.8. The van der Waals surface area contributed by atoms with Gasteiger partial charge in [0.2, 0.25) is 5.91 Å². The molecule has 1 aromatic carbocycles. The highest BCUT2D eigenvalue weighted by atomic mass is 32.2. The summed E-state index contributed by atoms with van der Waals surface area (Å²) in [5.74, 6) is 2.26. The average Bonchev–Trinajstić information content (AvgIpc) is 2.79. The van der Waals surface area contributed by atoms with Crippen molar-refractivity contribution in [2.24, 2.45) is 0 Å². The van der Waals surface area contributed by atoms with E-state index in [1.165, 1.54) is 18.3 Å². The van der Waals surface area contributed by atoms with Crippen molar-refractivity contribution in [1.29, 1.82) is 0 Å². The van der Waals surface area contributed by atoms with E-state index in [4.69, 9.17) is 9.47 Å². The topological polar surface area (TPSA) is 60.5 Å².